The van der Waals surface area contributed by atoms with Gasteiger partial charge in [0.15, 0.2) is 5.96 Å². The van der Waals surface area contributed by atoms with Crippen LogP contribution in [-0.2, 0) is 6.54 Å². The Labute approximate surface area is 159 Å². The number of aliphatic imine (C=N–C) groups is 1. The van der Waals surface area contributed by atoms with Gasteiger partial charge in [-0.25, -0.2) is 0 Å². The number of ether oxygens (including phenoxy) is 2. The Morgan fingerprint density at radius 1 is 1.00 bits per heavy atom. The summed E-state index contributed by atoms with van der Waals surface area (Å²) in [6, 6.07) is 14.9. The molecule has 0 aliphatic rings. The van der Waals surface area contributed by atoms with E-state index in [0.717, 1.165) is 17.1 Å². The van der Waals surface area contributed by atoms with Gasteiger partial charge in [0.2, 0.25) is 0 Å². The van der Waals surface area contributed by atoms with Gasteiger partial charge < -0.3 is 25.4 Å². The maximum Gasteiger partial charge on any atom is 0.251 e. The van der Waals surface area contributed by atoms with Gasteiger partial charge in [0.1, 0.15) is 18.1 Å². The highest BCUT2D eigenvalue weighted by Crippen LogP contribution is 2.16. The summed E-state index contributed by atoms with van der Waals surface area (Å²) in [6.07, 6.45) is 0. The molecule has 2 rings (SSSR count). The molecule has 1 amide bonds. The topological polar surface area (TPSA) is 84.0 Å². The number of carbonyl (C=O) groups excluding carboxylic acids is 1. The molecule has 0 aliphatic carbocycles. The minimum Gasteiger partial charge on any atom is -0.497 e. The second-order valence-corrected chi connectivity index (χ2v) is 5.65. The number of rotatable bonds is 8. The van der Waals surface area contributed by atoms with Crippen molar-refractivity contribution in [2.75, 3.05) is 34.4 Å². The Morgan fingerprint density at radius 2 is 1.67 bits per heavy atom. The molecule has 3 N–H and O–H groups in total. The minimum atomic E-state index is -0.0937. The van der Waals surface area contributed by atoms with Gasteiger partial charge in [-0.15, -0.1) is 0 Å². The molecule has 0 aromatic heterocycles. The highest BCUT2D eigenvalue weighted by atomic mass is 16.5. The molecule has 27 heavy (non-hydrogen) atoms. The van der Waals surface area contributed by atoms with Crippen LogP contribution in [0.5, 0.6) is 11.5 Å². The molecule has 2 aromatic carbocycles. The van der Waals surface area contributed by atoms with E-state index < -0.39 is 0 Å². The predicted octanol–water partition coefficient (Wildman–Crippen LogP) is 1.80. The molecule has 7 nitrogen and oxygen atoms in total. The van der Waals surface area contributed by atoms with Gasteiger partial charge in [-0.1, -0.05) is 12.1 Å². The normalized spacial score (nSPS) is 10.9. The Bertz CT molecular complexity index is 743. The molecule has 0 bridgehead atoms. The van der Waals surface area contributed by atoms with E-state index in [-0.39, 0.29) is 5.91 Å². The maximum absolute atomic E-state index is 11.5. The Morgan fingerprint density at radius 3 is 2.26 bits per heavy atom. The van der Waals surface area contributed by atoms with Crippen molar-refractivity contribution in [1.29, 1.82) is 0 Å². The molecular weight excluding hydrogens is 344 g/mol. The van der Waals surface area contributed by atoms with E-state index in [1.54, 1.807) is 33.3 Å². The number of hydrogen-bond acceptors (Lipinski definition) is 4. The summed E-state index contributed by atoms with van der Waals surface area (Å²) in [7, 11) is 4.97. The largest absolute Gasteiger partial charge is 0.497 e. The van der Waals surface area contributed by atoms with Gasteiger partial charge in [0.25, 0.3) is 5.91 Å². The van der Waals surface area contributed by atoms with Gasteiger partial charge in [-0.05, 0) is 42.0 Å². The van der Waals surface area contributed by atoms with E-state index in [2.05, 4.69) is 20.9 Å². The first kappa shape index (κ1) is 20.1. The van der Waals surface area contributed by atoms with E-state index >= 15 is 0 Å². The fourth-order valence-electron chi connectivity index (χ4n) is 2.33. The first-order valence-corrected chi connectivity index (χ1v) is 8.68. The first-order chi connectivity index (χ1) is 13.2. The lowest BCUT2D eigenvalue weighted by molar-refractivity contribution is 0.0963. The van der Waals surface area contributed by atoms with Crippen molar-refractivity contribution >= 4 is 11.9 Å². The Kier molecular flexibility index (Phi) is 7.96. The number of benzene rings is 2. The first-order valence-electron chi connectivity index (χ1n) is 8.68. The number of hydrogen-bond donors (Lipinski definition) is 3. The summed E-state index contributed by atoms with van der Waals surface area (Å²) in [4.78, 5) is 15.7. The van der Waals surface area contributed by atoms with Gasteiger partial charge >= 0.3 is 0 Å². The molecule has 0 atom stereocenters. The van der Waals surface area contributed by atoms with Crippen LogP contribution in [0.25, 0.3) is 0 Å². The van der Waals surface area contributed by atoms with Crippen molar-refractivity contribution in [2.45, 2.75) is 6.54 Å². The summed E-state index contributed by atoms with van der Waals surface area (Å²) in [5.74, 6) is 2.18. The second-order valence-electron chi connectivity index (χ2n) is 5.65. The van der Waals surface area contributed by atoms with E-state index in [1.165, 1.54) is 0 Å². The lowest BCUT2D eigenvalue weighted by Crippen LogP contribution is -2.38. The summed E-state index contributed by atoms with van der Waals surface area (Å²) in [5.41, 5.74) is 1.69. The van der Waals surface area contributed by atoms with Crippen LogP contribution in [0.15, 0.2) is 53.5 Å². The maximum atomic E-state index is 11.5. The number of nitrogens with zero attached hydrogens (tertiary/aromatic N) is 1. The van der Waals surface area contributed by atoms with Crippen molar-refractivity contribution < 1.29 is 14.3 Å². The third kappa shape index (κ3) is 6.54. The summed E-state index contributed by atoms with van der Waals surface area (Å²) >= 11 is 0. The number of nitrogens with one attached hydrogen (secondary N) is 3. The van der Waals surface area contributed by atoms with E-state index in [1.807, 2.05) is 36.4 Å². The standard InChI is InChI=1S/C20H26N4O3/c1-21-19(25)16-6-4-15(5-7-16)14-24-20(22-2)23-12-13-27-18-10-8-17(26-3)9-11-18/h4-11H,12-14H2,1-3H3,(H,21,25)(H2,22,23,24). The highest BCUT2D eigenvalue weighted by molar-refractivity contribution is 5.93. The summed E-state index contributed by atoms with van der Waals surface area (Å²) in [6.45, 7) is 1.72. The van der Waals surface area contributed by atoms with Crippen molar-refractivity contribution in [3.63, 3.8) is 0 Å². The molecule has 0 heterocycles. The third-order valence-corrected chi connectivity index (χ3v) is 3.85. The predicted molar refractivity (Wildman–Crippen MR) is 107 cm³/mol. The van der Waals surface area contributed by atoms with Crippen LogP contribution in [-0.4, -0.2) is 46.2 Å². The molecule has 0 radical (unpaired) electrons. The van der Waals surface area contributed by atoms with Crippen molar-refractivity contribution in [3.8, 4) is 11.5 Å². The summed E-state index contributed by atoms with van der Waals surface area (Å²) < 4.78 is 10.8. The third-order valence-electron chi connectivity index (χ3n) is 3.85. The number of carbonyl (C=O) groups is 1. The van der Waals surface area contributed by atoms with Crippen LogP contribution in [0.2, 0.25) is 0 Å². The zero-order valence-electron chi connectivity index (χ0n) is 15.9. The van der Waals surface area contributed by atoms with Crippen LogP contribution in [0.1, 0.15) is 15.9 Å². The van der Waals surface area contributed by atoms with Crippen LogP contribution in [0.4, 0.5) is 0 Å². The van der Waals surface area contributed by atoms with Crippen molar-refractivity contribution in [1.82, 2.24) is 16.0 Å². The average Bonchev–Trinajstić information content (AvgIpc) is 2.73. The van der Waals surface area contributed by atoms with Gasteiger partial charge in [0.05, 0.1) is 13.7 Å². The molecule has 144 valence electrons. The van der Waals surface area contributed by atoms with Crippen LogP contribution in [0.3, 0.4) is 0 Å². The minimum absolute atomic E-state index is 0.0937. The molecule has 0 aliphatic heterocycles. The highest BCUT2D eigenvalue weighted by Gasteiger charge is 2.03. The molecule has 0 unspecified atom stereocenters. The number of guanidine groups is 1. The van der Waals surface area contributed by atoms with Crippen molar-refractivity contribution in [3.05, 3.63) is 59.7 Å². The van der Waals surface area contributed by atoms with Gasteiger partial charge in [-0.2, -0.15) is 0 Å². The van der Waals surface area contributed by atoms with Crippen LogP contribution in [0, 0.1) is 0 Å². The van der Waals surface area contributed by atoms with Gasteiger partial charge in [0, 0.05) is 26.2 Å². The molecule has 7 heteroatoms. The SMILES string of the molecule is CN=C(NCCOc1ccc(OC)cc1)NCc1ccc(C(=O)NC)cc1. The number of amides is 1. The zero-order chi connectivity index (χ0) is 19.5. The van der Waals surface area contributed by atoms with E-state index in [9.17, 15) is 4.79 Å². The van der Waals surface area contributed by atoms with Gasteiger partial charge in [-0.3, -0.25) is 9.79 Å². The Hall–Kier alpha value is -3.22. The molecule has 0 saturated carbocycles. The fourth-order valence-corrected chi connectivity index (χ4v) is 2.33. The van der Waals surface area contributed by atoms with Crippen LogP contribution >= 0.6 is 0 Å². The molecule has 0 fully saturated rings. The van der Waals surface area contributed by atoms with Crippen molar-refractivity contribution in [2.24, 2.45) is 4.99 Å². The summed E-state index contributed by atoms with van der Waals surface area (Å²) in [5, 5.41) is 9.03. The Balaban J connectivity index is 1.71. The second kappa shape index (κ2) is 10.7. The average molecular weight is 370 g/mol. The molecule has 2 aromatic rings. The van der Waals surface area contributed by atoms with E-state index in [4.69, 9.17) is 9.47 Å². The monoisotopic (exact) mass is 370 g/mol. The molecular formula is C20H26N4O3. The molecule has 0 saturated heterocycles. The quantitative estimate of drug-likeness (QED) is 0.375. The van der Waals surface area contributed by atoms with Crippen LogP contribution < -0.4 is 25.4 Å². The fraction of sp³-hybridized carbons (Fsp3) is 0.300. The van der Waals surface area contributed by atoms with E-state index in [0.29, 0.717) is 31.2 Å². The lowest BCUT2D eigenvalue weighted by atomic mass is 10.1. The molecule has 0 spiro atoms. The number of methoxy groups -OCH3 is 1. The smallest absolute Gasteiger partial charge is 0.251 e. The lowest BCUT2D eigenvalue weighted by Gasteiger charge is -2.13. The zero-order valence-corrected chi connectivity index (χ0v) is 15.9.